The normalized spacial score (nSPS) is 13.6. The van der Waals surface area contributed by atoms with Gasteiger partial charge in [-0.3, -0.25) is 9.59 Å². The zero-order valence-electron chi connectivity index (χ0n) is 36.7. The highest BCUT2D eigenvalue weighted by molar-refractivity contribution is 5.71. The Labute approximate surface area is 347 Å². The predicted molar refractivity (Wildman–Crippen MR) is 235 cm³/mol. The van der Waals surface area contributed by atoms with E-state index in [2.05, 4.69) is 86.8 Å². The van der Waals surface area contributed by atoms with Crippen LogP contribution in [0, 0.1) is 0 Å². The van der Waals surface area contributed by atoms with E-state index in [-0.39, 0.29) is 38.6 Å². The van der Waals surface area contributed by atoms with Crippen LogP contribution in [-0.4, -0.2) is 87.4 Å². The fourth-order valence-corrected chi connectivity index (χ4v) is 5.49. The van der Waals surface area contributed by atoms with Gasteiger partial charge in [-0.15, -0.1) is 0 Å². The van der Waals surface area contributed by atoms with Crippen molar-refractivity contribution < 1.29 is 42.9 Å². The summed E-state index contributed by atoms with van der Waals surface area (Å²) in [6, 6.07) is 0. The molecule has 0 spiro atoms. The van der Waals surface area contributed by atoms with Crippen LogP contribution in [0.25, 0.3) is 0 Å². The third-order valence-corrected chi connectivity index (χ3v) is 8.95. The van der Waals surface area contributed by atoms with Crippen molar-refractivity contribution >= 4 is 17.9 Å². The molecule has 0 heterocycles. The van der Waals surface area contributed by atoms with E-state index in [0.717, 1.165) is 109 Å². The van der Waals surface area contributed by atoms with Gasteiger partial charge in [-0.2, -0.15) is 0 Å². The van der Waals surface area contributed by atoms with Crippen LogP contribution in [-0.2, 0) is 33.3 Å². The van der Waals surface area contributed by atoms with Crippen molar-refractivity contribution in [1.82, 2.24) is 0 Å². The summed E-state index contributed by atoms with van der Waals surface area (Å²) < 4.78 is 22.7. The summed E-state index contributed by atoms with van der Waals surface area (Å²) >= 11 is 0. The fraction of sp³-hybridized carbons (Fsp3) is 0.688. The summed E-state index contributed by atoms with van der Waals surface area (Å²) in [6.07, 6.45) is 45.3. The molecule has 0 aliphatic carbocycles. The van der Waals surface area contributed by atoms with Gasteiger partial charge in [0.05, 0.1) is 34.4 Å². The summed E-state index contributed by atoms with van der Waals surface area (Å²) in [5.41, 5.74) is 0. The lowest BCUT2D eigenvalue weighted by Gasteiger charge is -2.25. The molecule has 0 fully saturated rings. The van der Waals surface area contributed by atoms with E-state index in [4.69, 9.17) is 18.9 Å². The molecule has 0 aromatic rings. The molecule has 0 aliphatic heterocycles. The van der Waals surface area contributed by atoms with Crippen molar-refractivity contribution in [3.63, 3.8) is 0 Å². The van der Waals surface area contributed by atoms with E-state index in [0.29, 0.717) is 17.4 Å². The van der Waals surface area contributed by atoms with Gasteiger partial charge in [-0.1, -0.05) is 138 Å². The lowest BCUT2D eigenvalue weighted by Crippen LogP contribution is -2.40. The minimum Gasteiger partial charge on any atom is -0.477 e. The van der Waals surface area contributed by atoms with E-state index < -0.39 is 24.3 Å². The average molecular weight is 801 g/mol. The second-order valence-electron chi connectivity index (χ2n) is 15.6. The molecular weight excluding hydrogens is 719 g/mol. The van der Waals surface area contributed by atoms with Crippen molar-refractivity contribution in [2.45, 2.75) is 167 Å². The van der Waals surface area contributed by atoms with Gasteiger partial charge in [0.1, 0.15) is 13.2 Å². The Morgan fingerprint density at radius 2 is 1.00 bits per heavy atom. The Bertz CT molecular complexity index is 1160. The molecule has 2 unspecified atom stereocenters. The quantitative estimate of drug-likeness (QED) is 0.0215. The number of unbranched alkanes of at least 4 members (excludes halogenated alkanes) is 12. The number of esters is 2. The highest BCUT2D eigenvalue weighted by Crippen LogP contribution is 2.12. The second kappa shape index (κ2) is 39.6. The van der Waals surface area contributed by atoms with Crippen LogP contribution in [0.1, 0.15) is 155 Å². The Morgan fingerprint density at radius 1 is 0.544 bits per heavy atom. The molecule has 0 rings (SSSR count). The van der Waals surface area contributed by atoms with E-state index in [1.165, 1.54) is 12.8 Å². The number of rotatable bonds is 39. The number of hydrogen-bond acceptors (Lipinski definition) is 7. The fourth-order valence-electron chi connectivity index (χ4n) is 5.49. The smallest absolute Gasteiger partial charge is 0.361 e. The molecule has 0 aromatic carbocycles. The number of carbonyl (C=O) groups is 3. The van der Waals surface area contributed by atoms with E-state index >= 15 is 0 Å². The van der Waals surface area contributed by atoms with Gasteiger partial charge in [0.25, 0.3) is 6.29 Å². The lowest BCUT2D eigenvalue weighted by molar-refractivity contribution is -0.870. The number of quaternary nitrogens is 1. The van der Waals surface area contributed by atoms with Crippen LogP contribution in [0.5, 0.6) is 0 Å². The van der Waals surface area contributed by atoms with Crippen molar-refractivity contribution in [1.29, 1.82) is 0 Å². The molecule has 0 aromatic heterocycles. The van der Waals surface area contributed by atoms with Gasteiger partial charge >= 0.3 is 17.9 Å². The first-order chi connectivity index (χ1) is 27.6. The van der Waals surface area contributed by atoms with E-state index in [1.54, 1.807) is 0 Å². The molecular formula is C48H82NO8+. The highest BCUT2D eigenvalue weighted by Gasteiger charge is 2.25. The summed E-state index contributed by atoms with van der Waals surface area (Å²) in [6.45, 7) is 4.65. The number of carboxylic acids is 1. The first-order valence-corrected chi connectivity index (χ1v) is 22.1. The van der Waals surface area contributed by atoms with Gasteiger partial charge in [-0.25, -0.2) is 4.79 Å². The number of carboxylic acid groups (broad SMARTS) is 1. The van der Waals surface area contributed by atoms with Gasteiger partial charge in [0.2, 0.25) is 0 Å². The summed E-state index contributed by atoms with van der Waals surface area (Å²) in [5.74, 6) is -2.06. The molecule has 0 saturated carbocycles. The topological polar surface area (TPSA) is 108 Å². The zero-order chi connectivity index (χ0) is 42.1. The number of allylic oxidation sites excluding steroid dienone is 12. The standard InChI is InChI=1S/C48H81NO8/c1-6-8-10-12-14-16-18-19-20-21-22-23-24-25-26-27-29-31-33-35-37-39-46(51)57-44(43-56-48(47(52)53)54-41-40-49(3,4)5)42-55-45(50)38-36-34-32-30-28-17-15-13-11-9-7-2/h8,10,13-16,19-20,22-23,25-26,44,48H,6-7,9,11-12,17-18,21,24,27-43H2,1-5H3/p+1/b10-8-,15-13-,16-14-,20-19-,23-22-,26-25-. The van der Waals surface area contributed by atoms with Crippen LogP contribution in [0.4, 0.5) is 0 Å². The average Bonchev–Trinajstić information content (AvgIpc) is 3.17. The summed E-state index contributed by atoms with van der Waals surface area (Å²) in [7, 11) is 5.93. The first-order valence-electron chi connectivity index (χ1n) is 22.1. The Balaban J connectivity index is 4.48. The molecule has 0 amide bonds. The molecule has 1 N–H and O–H groups in total. The first kappa shape index (κ1) is 53.7. The molecule has 2 atom stereocenters. The van der Waals surface area contributed by atoms with Crippen molar-refractivity contribution in [3.05, 3.63) is 72.9 Å². The number of carbonyl (C=O) groups excluding carboxylic acids is 2. The molecule has 0 radical (unpaired) electrons. The van der Waals surface area contributed by atoms with Crippen LogP contribution in [0.3, 0.4) is 0 Å². The number of aliphatic carboxylic acids is 1. The lowest BCUT2D eigenvalue weighted by atomic mass is 10.1. The van der Waals surface area contributed by atoms with Gasteiger partial charge in [0, 0.05) is 12.8 Å². The Hall–Kier alpha value is -3.27. The van der Waals surface area contributed by atoms with Crippen LogP contribution in [0.15, 0.2) is 72.9 Å². The van der Waals surface area contributed by atoms with Gasteiger partial charge in [-0.05, 0) is 77.0 Å². The highest BCUT2D eigenvalue weighted by atomic mass is 16.7. The number of nitrogens with zero attached hydrogens (tertiary/aromatic N) is 1. The molecule has 9 heteroatoms. The van der Waals surface area contributed by atoms with E-state index in [1.807, 2.05) is 21.1 Å². The summed E-state index contributed by atoms with van der Waals surface area (Å²) in [5, 5.41) is 9.62. The largest absolute Gasteiger partial charge is 0.477 e. The van der Waals surface area contributed by atoms with Crippen molar-refractivity contribution in [3.8, 4) is 0 Å². The van der Waals surface area contributed by atoms with Gasteiger partial charge < -0.3 is 28.5 Å². The molecule has 0 saturated heterocycles. The number of likely N-dealkylation sites (N-methyl/N-ethyl adjacent to an activating group) is 1. The maximum atomic E-state index is 12.7. The molecule has 0 bridgehead atoms. The van der Waals surface area contributed by atoms with E-state index in [9.17, 15) is 19.5 Å². The zero-order valence-corrected chi connectivity index (χ0v) is 36.7. The third-order valence-electron chi connectivity index (χ3n) is 8.95. The Kier molecular flexibility index (Phi) is 37.3. The number of ether oxygens (including phenoxy) is 4. The minimum absolute atomic E-state index is 0.178. The maximum absolute atomic E-state index is 12.7. The molecule has 326 valence electrons. The van der Waals surface area contributed by atoms with Crippen LogP contribution in [0.2, 0.25) is 0 Å². The van der Waals surface area contributed by atoms with Crippen LogP contribution < -0.4 is 0 Å². The SMILES string of the molecule is CC/C=C\C/C=C\C/C=C\C/C=C\C/C=C\CCCCCCCC(=O)OC(COC(=O)CCCCCCC/C=C\CCCC)COC(OCC[N+](C)(C)C)C(=O)O. The second-order valence-corrected chi connectivity index (χ2v) is 15.6. The maximum Gasteiger partial charge on any atom is 0.361 e. The molecule has 57 heavy (non-hydrogen) atoms. The molecule has 9 nitrogen and oxygen atoms in total. The van der Waals surface area contributed by atoms with Crippen LogP contribution >= 0.6 is 0 Å². The molecule has 0 aliphatic rings. The summed E-state index contributed by atoms with van der Waals surface area (Å²) in [4.78, 5) is 37.0. The monoisotopic (exact) mass is 801 g/mol. The Morgan fingerprint density at radius 3 is 1.51 bits per heavy atom. The van der Waals surface area contributed by atoms with Crippen molar-refractivity contribution in [2.24, 2.45) is 0 Å². The third kappa shape index (κ3) is 40.7. The minimum atomic E-state index is -1.52. The van der Waals surface area contributed by atoms with Gasteiger partial charge in [0.15, 0.2) is 6.10 Å². The number of hydrogen-bond donors (Lipinski definition) is 1. The van der Waals surface area contributed by atoms with Crippen molar-refractivity contribution in [2.75, 3.05) is 47.5 Å². The predicted octanol–water partition coefficient (Wildman–Crippen LogP) is 11.6.